The van der Waals surface area contributed by atoms with Crippen LogP contribution in [0.2, 0.25) is 0 Å². The summed E-state index contributed by atoms with van der Waals surface area (Å²) in [5, 5.41) is 12.7. The lowest BCUT2D eigenvalue weighted by Crippen LogP contribution is -2.54. The summed E-state index contributed by atoms with van der Waals surface area (Å²) in [4.78, 5) is 14.5. The van der Waals surface area contributed by atoms with Crippen molar-refractivity contribution in [3.05, 3.63) is 59.9 Å². The fraction of sp³-hybridized carbons (Fsp3) is 0.500. The van der Waals surface area contributed by atoms with E-state index < -0.39 is 54.4 Å². The number of alkyl halides is 4. The van der Waals surface area contributed by atoms with Crippen LogP contribution in [0.25, 0.3) is 11.1 Å². The number of hydrogen-bond donors (Lipinski definition) is 2. The average Bonchev–Trinajstić information content (AvgIpc) is 3.36. The number of carbonyl (C=O) groups excluding carboxylic acids is 1. The van der Waals surface area contributed by atoms with E-state index in [1.165, 1.54) is 42.5 Å². The molecule has 2 aromatic carbocycles. The third-order valence-corrected chi connectivity index (χ3v) is 6.69. The number of fused-ring (bicyclic) bond motifs is 1. The number of aliphatic hydroxyl groups is 1. The van der Waals surface area contributed by atoms with Gasteiger partial charge in [-0.25, -0.2) is 8.78 Å². The molecule has 1 amide bonds. The van der Waals surface area contributed by atoms with Crippen LogP contribution in [0.15, 0.2) is 48.5 Å². The summed E-state index contributed by atoms with van der Waals surface area (Å²) in [5.74, 6) is -1.35. The van der Waals surface area contributed by atoms with E-state index in [1.807, 2.05) is 0 Å². The molecule has 2 aliphatic rings. The molecule has 0 unspecified atom stereocenters. The number of halogens is 5. The standard InChI is InChI=1S/C26H29F5N2O3/c1-14(2)11-20(25(35)33-12-19(28)23-22(33)21(34)13-36-23)32-24(26(29,30)31)16-9-7-15(8-10-16)17-5-3-4-6-18(17)27/h3-10,14,19-24,32,34H,11-13H2,1-2H3/t19-,20-,21-,22+,23+,24-/m0/s1. The van der Waals surface area contributed by atoms with Crippen LogP contribution in [0.5, 0.6) is 0 Å². The summed E-state index contributed by atoms with van der Waals surface area (Å²) in [7, 11) is 0. The van der Waals surface area contributed by atoms with Gasteiger partial charge in [0.25, 0.3) is 0 Å². The number of benzene rings is 2. The van der Waals surface area contributed by atoms with Crippen LogP contribution in [0, 0.1) is 11.7 Å². The SMILES string of the molecule is CC(C)C[C@H](N[C@@H](c1ccc(-c2ccccc2F)cc1)C(F)(F)F)C(=O)N1C[C@H](F)[C@H]2OC[C@H](O)[C@H]21. The Morgan fingerprint density at radius 1 is 1.17 bits per heavy atom. The zero-order valence-electron chi connectivity index (χ0n) is 19.9. The number of rotatable bonds is 7. The van der Waals surface area contributed by atoms with E-state index in [1.54, 1.807) is 19.9 Å². The molecule has 36 heavy (non-hydrogen) atoms. The highest BCUT2D eigenvalue weighted by Crippen LogP contribution is 2.36. The predicted molar refractivity (Wildman–Crippen MR) is 123 cm³/mol. The van der Waals surface area contributed by atoms with Crippen LogP contribution in [0.3, 0.4) is 0 Å². The summed E-state index contributed by atoms with van der Waals surface area (Å²) in [6, 6.07) is 6.85. The average molecular weight is 513 g/mol. The van der Waals surface area contributed by atoms with Gasteiger partial charge in [0.05, 0.1) is 25.2 Å². The number of carbonyl (C=O) groups is 1. The van der Waals surface area contributed by atoms with Gasteiger partial charge >= 0.3 is 6.18 Å². The Morgan fingerprint density at radius 3 is 2.44 bits per heavy atom. The fourth-order valence-electron chi connectivity index (χ4n) is 5.02. The lowest BCUT2D eigenvalue weighted by Gasteiger charge is -2.33. The van der Waals surface area contributed by atoms with Gasteiger partial charge in [-0.1, -0.05) is 56.3 Å². The van der Waals surface area contributed by atoms with E-state index >= 15 is 0 Å². The maximum absolute atomic E-state index is 14.5. The van der Waals surface area contributed by atoms with Crippen molar-refractivity contribution in [1.29, 1.82) is 0 Å². The molecule has 2 aromatic rings. The molecular formula is C26H29F5N2O3. The largest absolute Gasteiger partial charge is 0.407 e. The molecule has 0 aliphatic carbocycles. The third kappa shape index (κ3) is 5.40. The first-order valence-electron chi connectivity index (χ1n) is 11.9. The number of amides is 1. The molecule has 2 N–H and O–H groups in total. The highest BCUT2D eigenvalue weighted by Gasteiger charge is 2.54. The number of hydrogen-bond acceptors (Lipinski definition) is 4. The smallest absolute Gasteiger partial charge is 0.388 e. The van der Waals surface area contributed by atoms with E-state index in [2.05, 4.69) is 5.32 Å². The first-order chi connectivity index (χ1) is 17.0. The van der Waals surface area contributed by atoms with E-state index in [9.17, 15) is 31.9 Å². The van der Waals surface area contributed by atoms with Gasteiger partial charge in [-0.15, -0.1) is 0 Å². The van der Waals surface area contributed by atoms with Gasteiger partial charge in [0.1, 0.15) is 30.2 Å². The van der Waals surface area contributed by atoms with Gasteiger partial charge in [0, 0.05) is 5.56 Å². The summed E-state index contributed by atoms with van der Waals surface area (Å²) in [6.45, 7) is 3.05. The summed E-state index contributed by atoms with van der Waals surface area (Å²) in [5.41, 5.74) is 0.533. The Labute approximate surface area is 206 Å². The Morgan fingerprint density at radius 2 is 1.83 bits per heavy atom. The van der Waals surface area contributed by atoms with Gasteiger partial charge in [0.2, 0.25) is 5.91 Å². The number of ether oxygens (including phenoxy) is 1. The first-order valence-corrected chi connectivity index (χ1v) is 11.9. The molecule has 4 rings (SSSR count). The van der Waals surface area contributed by atoms with Crippen molar-refractivity contribution in [3.63, 3.8) is 0 Å². The Bertz CT molecular complexity index is 1060. The summed E-state index contributed by atoms with van der Waals surface area (Å²) >= 11 is 0. The minimum absolute atomic E-state index is 0.0700. The molecule has 0 aromatic heterocycles. The highest BCUT2D eigenvalue weighted by atomic mass is 19.4. The van der Waals surface area contributed by atoms with Crippen LogP contribution in [0.1, 0.15) is 31.9 Å². The second-order valence-electron chi connectivity index (χ2n) is 9.79. The predicted octanol–water partition coefficient (Wildman–Crippen LogP) is 4.41. The molecular weight excluding hydrogens is 483 g/mol. The summed E-state index contributed by atoms with van der Waals surface area (Å²) in [6.07, 6.45) is -8.31. The van der Waals surface area contributed by atoms with Crippen LogP contribution in [-0.2, 0) is 9.53 Å². The summed E-state index contributed by atoms with van der Waals surface area (Å²) < 4.78 is 76.4. The topological polar surface area (TPSA) is 61.8 Å². The maximum atomic E-state index is 14.5. The van der Waals surface area contributed by atoms with Gasteiger partial charge in [-0.3, -0.25) is 10.1 Å². The lowest BCUT2D eigenvalue weighted by molar-refractivity contribution is -0.163. The molecule has 0 radical (unpaired) electrons. The van der Waals surface area contributed by atoms with Crippen LogP contribution in [-0.4, -0.2) is 65.7 Å². The van der Waals surface area contributed by atoms with Gasteiger partial charge in [0.15, 0.2) is 0 Å². The van der Waals surface area contributed by atoms with E-state index in [0.717, 1.165) is 4.90 Å². The maximum Gasteiger partial charge on any atom is 0.407 e. The Hall–Kier alpha value is -2.56. The minimum Gasteiger partial charge on any atom is -0.388 e. The fourth-order valence-corrected chi connectivity index (χ4v) is 5.02. The van der Waals surface area contributed by atoms with Crippen molar-refractivity contribution in [2.75, 3.05) is 13.2 Å². The molecule has 5 nitrogen and oxygen atoms in total. The van der Waals surface area contributed by atoms with Crippen molar-refractivity contribution < 1.29 is 36.6 Å². The lowest BCUT2D eigenvalue weighted by atomic mass is 9.97. The van der Waals surface area contributed by atoms with Gasteiger partial charge in [-0.2, -0.15) is 13.2 Å². The van der Waals surface area contributed by atoms with Crippen molar-refractivity contribution in [1.82, 2.24) is 10.2 Å². The molecule has 10 heteroatoms. The monoisotopic (exact) mass is 512 g/mol. The zero-order chi connectivity index (χ0) is 26.2. The minimum atomic E-state index is -4.75. The van der Waals surface area contributed by atoms with Crippen molar-refractivity contribution in [2.24, 2.45) is 5.92 Å². The molecule has 6 atom stereocenters. The molecule has 0 saturated carbocycles. The number of likely N-dealkylation sites (tertiary alicyclic amines) is 1. The Kier molecular flexibility index (Phi) is 7.68. The van der Waals surface area contributed by atoms with Crippen LogP contribution >= 0.6 is 0 Å². The normalized spacial score (nSPS) is 25.8. The van der Waals surface area contributed by atoms with Crippen LogP contribution < -0.4 is 5.32 Å². The highest BCUT2D eigenvalue weighted by molar-refractivity contribution is 5.83. The number of aliphatic hydroxyl groups excluding tert-OH is 1. The molecule has 2 aliphatic heterocycles. The number of nitrogens with one attached hydrogen (secondary N) is 1. The molecule has 0 bridgehead atoms. The van der Waals surface area contributed by atoms with Crippen molar-refractivity contribution in [3.8, 4) is 11.1 Å². The quantitative estimate of drug-likeness (QED) is 0.540. The molecule has 2 saturated heterocycles. The van der Waals surface area contributed by atoms with Crippen molar-refractivity contribution >= 4 is 5.91 Å². The molecule has 196 valence electrons. The second kappa shape index (κ2) is 10.4. The first kappa shape index (κ1) is 26.5. The zero-order valence-corrected chi connectivity index (χ0v) is 19.9. The van der Waals surface area contributed by atoms with E-state index in [-0.39, 0.29) is 36.6 Å². The Balaban J connectivity index is 1.60. The van der Waals surface area contributed by atoms with E-state index in [4.69, 9.17) is 4.74 Å². The second-order valence-corrected chi connectivity index (χ2v) is 9.79. The molecule has 2 heterocycles. The van der Waals surface area contributed by atoms with Gasteiger partial charge in [-0.05, 0) is 29.5 Å². The number of nitrogens with zero attached hydrogens (tertiary/aromatic N) is 1. The molecule has 0 spiro atoms. The van der Waals surface area contributed by atoms with Gasteiger partial charge < -0.3 is 14.7 Å². The van der Waals surface area contributed by atoms with Crippen molar-refractivity contribution in [2.45, 2.75) is 62.9 Å². The third-order valence-electron chi connectivity index (χ3n) is 6.69. The van der Waals surface area contributed by atoms with E-state index in [0.29, 0.717) is 5.56 Å². The van der Waals surface area contributed by atoms with Crippen LogP contribution in [0.4, 0.5) is 22.0 Å². The molecule has 2 fully saturated rings.